The molecule has 0 spiro atoms. The smallest absolute Gasteiger partial charge is 0.329 e. The van der Waals surface area contributed by atoms with E-state index in [2.05, 4.69) is 10.1 Å². The van der Waals surface area contributed by atoms with Gasteiger partial charge in [0.2, 0.25) is 5.91 Å². The summed E-state index contributed by atoms with van der Waals surface area (Å²) < 4.78 is 6.56. The third kappa shape index (κ3) is 5.16. The summed E-state index contributed by atoms with van der Waals surface area (Å²) >= 11 is 0. The number of nitrogens with zero attached hydrogens (tertiary/aromatic N) is 1. The van der Waals surface area contributed by atoms with Gasteiger partial charge in [-0.1, -0.05) is 0 Å². The Morgan fingerprint density at radius 2 is 1.94 bits per heavy atom. The van der Waals surface area contributed by atoms with E-state index in [0.29, 0.717) is 13.1 Å². The summed E-state index contributed by atoms with van der Waals surface area (Å²) in [5.41, 5.74) is 0. The maximum absolute atomic E-state index is 11.1. The molecule has 0 unspecified atom stereocenters. The third-order valence-electron chi connectivity index (χ3n) is 1.82. The van der Waals surface area contributed by atoms with Gasteiger partial charge in [-0.2, -0.15) is 0 Å². The molecule has 88 valence electrons. The van der Waals surface area contributed by atoms with Gasteiger partial charge in [-0.3, -0.25) is 4.79 Å². The Morgan fingerprint density at radius 3 is 2.56 bits per heavy atom. The van der Waals surface area contributed by atoms with Crippen LogP contribution < -0.4 is 5.32 Å². The summed E-state index contributed by atoms with van der Waals surface area (Å²) in [5, 5.41) is 10.9. The zero-order valence-corrected chi connectivity index (χ0v) is 8.76. The first kappa shape index (κ1) is 12.3. The van der Waals surface area contributed by atoms with E-state index in [1.807, 2.05) is 29.1 Å². The minimum Gasteiger partial charge on any atom is -0.480 e. The van der Waals surface area contributed by atoms with Crippen molar-refractivity contribution in [2.24, 2.45) is 0 Å². The fourth-order valence-electron chi connectivity index (χ4n) is 1.13. The molecule has 0 saturated heterocycles. The van der Waals surface area contributed by atoms with E-state index >= 15 is 0 Å². The van der Waals surface area contributed by atoms with Gasteiger partial charge in [0.05, 0.1) is 0 Å². The maximum Gasteiger partial charge on any atom is 0.329 e. The first-order valence-electron chi connectivity index (χ1n) is 4.85. The predicted molar refractivity (Wildman–Crippen MR) is 55.9 cm³/mol. The number of nitrogens with one attached hydrogen (secondary N) is 1. The van der Waals surface area contributed by atoms with Gasteiger partial charge in [-0.15, -0.1) is 0 Å². The Kier molecular flexibility index (Phi) is 5.07. The Hall–Kier alpha value is -1.82. The molecule has 0 aliphatic carbocycles. The molecule has 0 atom stereocenters. The fourth-order valence-corrected chi connectivity index (χ4v) is 1.13. The van der Waals surface area contributed by atoms with E-state index in [9.17, 15) is 9.59 Å². The zero-order chi connectivity index (χ0) is 11.8. The number of hydrogen-bond acceptors (Lipinski definition) is 3. The van der Waals surface area contributed by atoms with Gasteiger partial charge in [0.15, 0.2) is 0 Å². The van der Waals surface area contributed by atoms with Crippen LogP contribution in [0.5, 0.6) is 0 Å². The molecule has 16 heavy (non-hydrogen) atoms. The number of aromatic nitrogens is 1. The van der Waals surface area contributed by atoms with E-state index in [0.717, 1.165) is 0 Å². The number of carboxylic acids is 1. The van der Waals surface area contributed by atoms with E-state index in [-0.39, 0.29) is 12.5 Å². The molecule has 6 nitrogen and oxygen atoms in total. The zero-order valence-electron chi connectivity index (χ0n) is 8.76. The Balaban J connectivity index is 2.04. The molecule has 1 amide bonds. The van der Waals surface area contributed by atoms with Crippen LogP contribution >= 0.6 is 0 Å². The highest BCUT2D eigenvalue weighted by atomic mass is 16.5. The number of hydrogen-bond donors (Lipinski definition) is 2. The summed E-state index contributed by atoms with van der Waals surface area (Å²) in [6.07, 6.45) is 3.79. The minimum absolute atomic E-state index is 0.224. The second-order valence-corrected chi connectivity index (χ2v) is 3.16. The maximum atomic E-state index is 11.1. The largest absolute Gasteiger partial charge is 0.480 e. The van der Waals surface area contributed by atoms with Gasteiger partial charge in [0.1, 0.15) is 13.2 Å². The normalized spacial score (nSPS) is 10.0. The second-order valence-electron chi connectivity index (χ2n) is 3.16. The van der Waals surface area contributed by atoms with E-state index < -0.39 is 12.6 Å². The first-order valence-corrected chi connectivity index (χ1v) is 4.85. The summed E-state index contributed by atoms with van der Waals surface area (Å²) in [4.78, 5) is 21.2. The standard InChI is InChI=1S/C10H14N2O4/c13-9(7-16-8-10(14)15)11-3-6-12-4-1-2-5-12/h1-2,4-5H,3,6-8H2,(H,11,13)(H,14,15). The average molecular weight is 226 g/mol. The highest BCUT2D eigenvalue weighted by Crippen LogP contribution is 1.88. The van der Waals surface area contributed by atoms with Crippen LogP contribution in [0.2, 0.25) is 0 Å². The lowest BCUT2D eigenvalue weighted by atomic mass is 10.5. The fraction of sp³-hybridized carbons (Fsp3) is 0.400. The molecule has 0 radical (unpaired) electrons. The number of carbonyl (C=O) groups excluding carboxylic acids is 1. The molecule has 1 rings (SSSR count). The van der Waals surface area contributed by atoms with Crippen LogP contribution in [0.1, 0.15) is 0 Å². The molecule has 2 N–H and O–H groups in total. The molecular formula is C10H14N2O4. The SMILES string of the molecule is O=C(O)COCC(=O)NCCn1cccc1. The van der Waals surface area contributed by atoms with Crippen molar-refractivity contribution < 1.29 is 19.4 Å². The molecule has 0 saturated carbocycles. The molecule has 1 heterocycles. The minimum atomic E-state index is -1.08. The first-order chi connectivity index (χ1) is 7.68. The van der Waals surface area contributed by atoms with Crippen LogP contribution in [0.4, 0.5) is 0 Å². The Labute approximate surface area is 92.8 Å². The van der Waals surface area contributed by atoms with Gasteiger partial charge < -0.3 is 19.7 Å². The topological polar surface area (TPSA) is 80.6 Å². The number of rotatable bonds is 7. The van der Waals surface area contributed by atoms with Crippen LogP contribution in [0.25, 0.3) is 0 Å². The van der Waals surface area contributed by atoms with E-state index in [4.69, 9.17) is 5.11 Å². The summed E-state index contributed by atoms with van der Waals surface area (Å²) in [6.45, 7) is 0.491. The highest BCUT2D eigenvalue weighted by molar-refractivity contribution is 5.77. The van der Waals surface area contributed by atoms with Gasteiger partial charge >= 0.3 is 5.97 Å². The van der Waals surface area contributed by atoms with Gasteiger partial charge in [-0.25, -0.2) is 4.79 Å². The molecule has 0 aromatic carbocycles. The molecular weight excluding hydrogens is 212 g/mol. The van der Waals surface area contributed by atoms with E-state index in [1.165, 1.54) is 0 Å². The van der Waals surface area contributed by atoms with Gasteiger partial charge in [0.25, 0.3) is 0 Å². The van der Waals surface area contributed by atoms with Crippen LogP contribution in [0, 0.1) is 0 Å². The van der Waals surface area contributed by atoms with Crippen molar-refractivity contribution in [1.82, 2.24) is 9.88 Å². The lowest BCUT2D eigenvalue weighted by Gasteiger charge is -2.05. The molecule has 1 aromatic heterocycles. The molecule has 0 aliphatic rings. The van der Waals surface area contributed by atoms with Crippen LogP contribution in [0.15, 0.2) is 24.5 Å². The van der Waals surface area contributed by atoms with Gasteiger partial charge in [0, 0.05) is 25.5 Å². The molecule has 6 heteroatoms. The number of carboxylic acid groups (broad SMARTS) is 1. The van der Waals surface area contributed by atoms with Gasteiger partial charge in [-0.05, 0) is 12.1 Å². The molecule has 0 aliphatic heterocycles. The monoisotopic (exact) mass is 226 g/mol. The van der Waals surface area contributed by atoms with Crippen molar-refractivity contribution in [3.8, 4) is 0 Å². The number of aliphatic carboxylic acids is 1. The predicted octanol–water partition coefficient (Wildman–Crippen LogP) is -0.294. The third-order valence-corrected chi connectivity index (χ3v) is 1.82. The number of ether oxygens (including phenoxy) is 1. The summed E-state index contributed by atoms with van der Waals surface area (Å²) in [6, 6.07) is 3.80. The number of carbonyl (C=O) groups is 2. The van der Waals surface area contributed by atoms with Crippen molar-refractivity contribution in [2.45, 2.75) is 6.54 Å². The highest BCUT2D eigenvalue weighted by Gasteiger charge is 2.02. The van der Waals surface area contributed by atoms with Crippen LogP contribution in [-0.2, 0) is 20.9 Å². The second kappa shape index (κ2) is 6.62. The Bertz CT molecular complexity index is 335. The van der Waals surface area contributed by atoms with Crippen molar-refractivity contribution in [2.75, 3.05) is 19.8 Å². The quantitative estimate of drug-likeness (QED) is 0.669. The molecule has 1 aromatic rings. The lowest BCUT2D eigenvalue weighted by Crippen LogP contribution is -2.31. The Morgan fingerprint density at radius 1 is 1.25 bits per heavy atom. The lowest BCUT2D eigenvalue weighted by molar-refractivity contribution is -0.143. The van der Waals surface area contributed by atoms with Crippen molar-refractivity contribution >= 4 is 11.9 Å². The molecule has 0 bridgehead atoms. The van der Waals surface area contributed by atoms with Crippen molar-refractivity contribution in [3.63, 3.8) is 0 Å². The van der Waals surface area contributed by atoms with Crippen molar-refractivity contribution in [3.05, 3.63) is 24.5 Å². The number of amides is 1. The summed E-state index contributed by atoms with van der Waals surface area (Å²) in [5.74, 6) is -1.39. The van der Waals surface area contributed by atoms with E-state index in [1.54, 1.807) is 0 Å². The average Bonchev–Trinajstić information content (AvgIpc) is 2.70. The van der Waals surface area contributed by atoms with Crippen molar-refractivity contribution in [1.29, 1.82) is 0 Å². The van der Waals surface area contributed by atoms with Crippen LogP contribution in [0.3, 0.4) is 0 Å². The molecule has 0 fully saturated rings. The summed E-state index contributed by atoms with van der Waals surface area (Å²) in [7, 11) is 0. The van der Waals surface area contributed by atoms with Crippen LogP contribution in [-0.4, -0.2) is 41.3 Å².